The Morgan fingerprint density at radius 1 is 1.44 bits per heavy atom. The van der Waals surface area contributed by atoms with E-state index in [0.29, 0.717) is 12.0 Å². The molecule has 0 radical (unpaired) electrons. The zero-order valence-electron chi connectivity index (χ0n) is 10.8. The summed E-state index contributed by atoms with van der Waals surface area (Å²) in [5, 5.41) is 14.1. The fourth-order valence-corrected chi connectivity index (χ4v) is 2.58. The highest BCUT2D eigenvalue weighted by molar-refractivity contribution is 5.34. The summed E-state index contributed by atoms with van der Waals surface area (Å²) in [5.41, 5.74) is 1.64. The predicted octanol–water partition coefficient (Wildman–Crippen LogP) is 3.26. The highest BCUT2D eigenvalue weighted by Crippen LogP contribution is 2.43. The molecule has 1 saturated carbocycles. The fraction of sp³-hybridized carbons (Fsp3) is 0.571. The molecule has 1 aliphatic rings. The first kappa shape index (κ1) is 13.0. The molecule has 98 valence electrons. The van der Waals surface area contributed by atoms with Gasteiger partial charge in [-0.25, -0.2) is 0 Å². The number of hydrogen-bond acceptors (Lipinski definition) is 3. The van der Waals surface area contributed by atoms with Crippen LogP contribution in [0, 0.1) is 15.5 Å². The normalized spacial score (nSPS) is 17.2. The summed E-state index contributed by atoms with van der Waals surface area (Å²) >= 11 is 0. The van der Waals surface area contributed by atoms with Crippen molar-refractivity contribution in [3.8, 4) is 0 Å². The second kappa shape index (κ2) is 5.48. The average molecular weight is 248 g/mol. The van der Waals surface area contributed by atoms with Crippen molar-refractivity contribution in [1.82, 2.24) is 5.32 Å². The monoisotopic (exact) mass is 248 g/mol. The van der Waals surface area contributed by atoms with Crippen molar-refractivity contribution >= 4 is 5.69 Å². The third-order valence-electron chi connectivity index (χ3n) is 4.11. The van der Waals surface area contributed by atoms with Gasteiger partial charge in [0, 0.05) is 25.2 Å². The van der Waals surface area contributed by atoms with E-state index in [1.165, 1.54) is 31.7 Å². The van der Waals surface area contributed by atoms with Crippen LogP contribution in [-0.4, -0.2) is 11.5 Å². The maximum absolute atomic E-state index is 10.7. The van der Waals surface area contributed by atoms with E-state index < -0.39 is 0 Å². The largest absolute Gasteiger partial charge is 0.312 e. The molecule has 0 bridgehead atoms. The van der Waals surface area contributed by atoms with E-state index in [1.807, 2.05) is 6.07 Å². The molecule has 0 amide bonds. The van der Waals surface area contributed by atoms with Crippen LogP contribution >= 0.6 is 0 Å². The van der Waals surface area contributed by atoms with Crippen LogP contribution in [0.25, 0.3) is 0 Å². The quantitative estimate of drug-likeness (QED) is 0.621. The van der Waals surface area contributed by atoms with Crippen molar-refractivity contribution < 1.29 is 4.92 Å². The molecular weight excluding hydrogens is 228 g/mol. The van der Waals surface area contributed by atoms with Crippen molar-refractivity contribution in [1.29, 1.82) is 0 Å². The van der Waals surface area contributed by atoms with E-state index in [0.717, 1.165) is 12.1 Å². The molecular formula is C14H20N2O2. The van der Waals surface area contributed by atoms with Crippen LogP contribution in [0.1, 0.15) is 38.2 Å². The number of nitrogens with one attached hydrogen (secondary N) is 1. The van der Waals surface area contributed by atoms with Gasteiger partial charge in [0.2, 0.25) is 0 Å². The van der Waals surface area contributed by atoms with E-state index in [1.54, 1.807) is 12.1 Å². The lowest BCUT2D eigenvalue weighted by atomic mass is 9.67. The zero-order chi connectivity index (χ0) is 13.0. The number of nitrogens with zero attached hydrogens (tertiary/aromatic N) is 1. The Morgan fingerprint density at radius 2 is 2.22 bits per heavy atom. The number of nitro groups is 1. The predicted molar refractivity (Wildman–Crippen MR) is 71.4 cm³/mol. The average Bonchev–Trinajstić information content (AvgIpc) is 2.33. The number of benzene rings is 1. The Morgan fingerprint density at radius 3 is 2.78 bits per heavy atom. The third-order valence-corrected chi connectivity index (χ3v) is 4.11. The van der Waals surface area contributed by atoms with Gasteiger partial charge in [0.1, 0.15) is 0 Å². The number of non-ortho nitro benzene ring substituents is 1. The van der Waals surface area contributed by atoms with Gasteiger partial charge < -0.3 is 5.32 Å². The molecule has 1 fully saturated rings. The van der Waals surface area contributed by atoms with Gasteiger partial charge in [-0.3, -0.25) is 10.1 Å². The molecule has 0 aromatic heterocycles. The minimum atomic E-state index is -0.344. The summed E-state index contributed by atoms with van der Waals surface area (Å²) in [6.45, 7) is 3.98. The van der Waals surface area contributed by atoms with Gasteiger partial charge in [-0.2, -0.15) is 0 Å². The molecule has 0 unspecified atom stereocenters. The first-order valence-corrected chi connectivity index (χ1v) is 6.59. The van der Waals surface area contributed by atoms with Gasteiger partial charge in [-0.1, -0.05) is 25.5 Å². The van der Waals surface area contributed by atoms with Crippen LogP contribution in [0.4, 0.5) is 5.69 Å². The lowest BCUT2D eigenvalue weighted by Crippen LogP contribution is -2.39. The Balaban J connectivity index is 1.86. The smallest absolute Gasteiger partial charge is 0.269 e. The molecule has 1 N–H and O–H groups in total. The molecule has 4 nitrogen and oxygen atoms in total. The summed E-state index contributed by atoms with van der Waals surface area (Å²) in [5.74, 6) is 0. The number of rotatable bonds is 6. The highest BCUT2D eigenvalue weighted by Gasteiger charge is 2.34. The maximum atomic E-state index is 10.7. The molecule has 18 heavy (non-hydrogen) atoms. The summed E-state index contributed by atoms with van der Waals surface area (Å²) in [7, 11) is 0. The summed E-state index contributed by atoms with van der Waals surface area (Å²) < 4.78 is 0. The summed E-state index contributed by atoms with van der Waals surface area (Å²) in [6.07, 6.45) is 5.18. The van der Waals surface area contributed by atoms with Crippen molar-refractivity contribution in [2.24, 2.45) is 5.41 Å². The summed E-state index contributed by atoms with van der Waals surface area (Å²) in [6, 6.07) is 6.85. The van der Waals surface area contributed by atoms with Crippen LogP contribution in [0.5, 0.6) is 0 Å². The van der Waals surface area contributed by atoms with E-state index >= 15 is 0 Å². The van der Waals surface area contributed by atoms with Crippen LogP contribution in [0.3, 0.4) is 0 Å². The Hall–Kier alpha value is -1.42. The second-order valence-electron chi connectivity index (χ2n) is 5.24. The minimum Gasteiger partial charge on any atom is -0.312 e. The van der Waals surface area contributed by atoms with Gasteiger partial charge in [0.15, 0.2) is 0 Å². The van der Waals surface area contributed by atoms with Gasteiger partial charge in [-0.15, -0.1) is 0 Å². The van der Waals surface area contributed by atoms with Crippen molar-refractivity contribution in [3.05, 3.63) is 39.9 Å². The Labute approximate surface area is 108 Å². The number of hydrogen-bond donors (Lipinski definition) is 1. The Kier molecular flexibility index (Phi) is 3.97. The molecule has 0 atom stereocenters. The van der Waals surface area contributed by atoms with Crippen molar-refractivity contribution in [2.45, 2.75) is 39.2 Å². The molecule has 2 rings (SSSR count). The molecule has 1 aliphatic carbocycles. The van der Waals surface area contributed by atoms with Crippen LogP contribution in [0.15, 0.2) is 24.3 Å². The maximum Gasteiger partial charge on any atom is 0.269 e. The molecule has 0 spiro atoms. The topological polar surface area (TPSA) is 55.2 Å². The summed E-state index contributed by atoms with van der Waals surface area (Å²) in [4.78, 5) is 10.3. The van der Waals surface area contributed by atoms with E-state index in [-0.39, 0.29) is 10.6 Å². The first-order valence-electron chi connectivity index (χ1n) is 6.59. The van der Waals surface area contributed by atoms with Gasteiger partial charge >= 0.3 is 0 Å². The van der Waals surface area contributed by atoms with Gasteiger partial charge in [-0.05, 0) is 30.2 Å². The third kappa shape index (κ3) is 2.88. The van der Waals surface area contributed by atoms with E-state index in [2.05, 4.69) is 12.2 Å². The first-order chi connectivity index (χ1) is 8.65. The SMILES string of the molecule is CCC1(CNCc2cccc([N+](=O)[O-])c2)CCC1. The number of nitro benzene ring substituents is 1. The lowest BCUT2D eigenvalue weighted by molar-refractivity contribution is -0.384. The van der Waals surface area contributed by atoms with Crippen molar-refractivity contribution in [3.63, 3.8) is 0 Å². The Bertz CT molecular complexity index is 422. The highest BCUT2D eigenvalue weighted by atomic mass is 16.6. The van der Waals surface area contributed by atoms with E-state index in [9.17, 15) is 10.1 Å². The molecule has 1 aromatic rings. The van der Waals surface area contributed by atoms with Gasteiger partial charge in [0.05, 0.1) is 4.92 Å². The molecule has 0 aliphatic heterocycles. The lowest BCUT2D eigenvalue weighted by Gasteiger charge is -2.41. The van der Waals surface area contributed by atoms with Crippen LogP contribution in [0.2, 0.25) is 0 Å². The standard InChI is InChI=1S/C14H20N2O2/c1-2-14(7-4-8-14)11-15-10-12-5-3-6-13(9-12)16(17)18/h3,5-6,9,15H,2,4,7-8,10-11H2,1H3. The second-order valence-corrected chi connectivity index (χ2v) is 5.24. The van der Waals surface area contributed by atoms with E-state index in [4.69, 9.17) is 0 Å². The molecule has 0 saturated heterocycles. The fourth-order valence-electron chi connectivity index (χ4n) is 2.58. The molecule has 1 aromatic carbocycles. The minimum absolute atomic E-state index is 0.170. The van der Waals surface area contributed by atoms with Crippen molar-refractivity contribution in [2.75, 3.05) is 6.54 Å². The van der Waals surface area contributed by atoms with Crippen LogP contribution < -0.4 is 5.32 Å². The molecule has 4 heteroatoms. The van der Waals surface area contributed by atoms with Crippen LogP contribution in [-0.2, 0) is 6.54 Å². The zero-order valence-corrected chi connectivity index (χ0v) is 10.8. The van der Waals surface area contributed by atoms with Gasteiger partial charge in [0.25, 0.3) is 5.69 Å². The molecule has 0 heterocycles.